The van der Waals surface area contributed by atoms with Crippen LogP contribution in [0.15, 0.2) is 18.2 Å². The highest BCUT2D eigenvalue weighted by Gasteiger charge is 1.98. The maximum absolute atomic E-state index is 9.39. The van der Waals surface area contributed by atoms with Gasteiger partial charge < -0.3 is 5.11 Å². The summed E-state index contributed by atoms with van der Waals surface area (Å²) in [6, 6.07) is 5.92. The molecule has 0 saturated heterocycles. The standard InChI is InChI=1S/C14H22O/c1-3-4-5-6-7-8-13-9-10-14(15)12(2)11-13/h9-11,15H,3-8H2,1-2H3. The Bertz CT molecular complexity index is 291. The lowest BCUT2D eigenvalue weighted by molar-refractivity contribution is 0.470. The highest BCUT2D eigenvalue weighted by Crippen LogP contribution is 2.18. The molecule has 0 radical (unpaired) electrons. The van der Waals surface area contributed by atoms with E-state index in [-0.39, 0.29) is 0 Å². The average Bonchev–Trinajstić information content (AvgIpc) is 2.23. The Hall–Kier alpha value is -0.980. The van der Waals surface area contributed by atoms with Gasteiger partial charge in [0.05, 0.1) is 0 Å². The van der Waals surface area contributed by atoms with E-state index in [2.05, 4.69) is 13.0 Å². The molecule has 0 aromatic heterocycles. The molecule has 1 aromatic carbocycles. The largest absolute Gasteiger partial charge is 0.508 e. The van der Waals surface area contributed by atoms with Gasteiger partial charge in [-0.25, -0.2) is 0 Å². The molecule has 15 heavy (non-hydrogen) atoms. The van der Waals surface area contributed by atoms with Gasteiger partial charge in [0, 0.05) is 0 Å². The summed E-state index contributed by atoms with van der Waals surface area (Å²) in [5, 5.41) is 9.39. The van der Waals surface area contributed by atoms with Crippen LogP contribution in [0.25, 0.3) is 0 Å². The van der Waals surface area contributed by atoms with E-state index in [1.54, 1.807) is 6.07 Å². The summed E-state index contributed by atoms with van der Waals surface area (Å²) in [7, 11) is 0. The molecule has 1 N–H and O–H groups in total. The zero-order chi connectivity index (χ0) is 11.1. The van der Waals surface area contributed by atoms with Gasteiger partial charge in [-0.05, 0) is 37.0 Å². The molecule has 0 heterocycles. The van der Waals surface area contributed by atoms with E-state index >= 15 is 0 Å². The van der Waals surface area contributed by atoms with Crippen molar-refractivity contribution in [1.29, 1.82) is 0 Å². The maximum Gasteiger partial charge on any atom is 0.118 e. The molecule has 84 valence electrons. The first-order valence-corrected chi connectivity index (χ1v) is 6.02. The minimum absolute atomic E-state index is 0.407. The van der Waals surface area contributed by atoms with Gasteiger partial charge in [-0.1, -0.05) is 44.7 Å². The van der Waals surface area contributed by atoms with E-state index in [4.69, 9.17) is 0 Å². The van der Waals surface area contributed by atoms with E-state index in [1.807, 2.05) is 13.0 Å². The van der Waals surface area contributed by atoms with Crippen LogP contribution in [0.1, 0.15) is 50.2 Å². The number of aryl methyl sites for hydroxylation is 2. The predicted octanol–water partition coefficient (Wildman–Crippen LogP) is 4.21. The molecule has 1 rings (SSSR count). The summed E-state index contributed by atoms with van der Waals surface area (Å²) in [6.07, 6.45) is 7.75. The average molecular weight is 206 g/mol. The summed E-state index contributed by atoms with van der Waals surface area (Å²) >= 11 is 0. The molecule has 0 unspecified atom stereocenters. The van der Waals surface area contributed by atoms with Crippen molar-refractivity contribution in [2.45, 2.75) is 52.4 Å². The zero-order valence-corrected chi connectivity index (χ0v) is 9.92. The molecule has 0 aliphatic carbocycles. The van der Waals surface area contributed by atoms with Gasteiger partial charge in [0.1, 0.15) is 5.75 Å². The third-order valence-corrected chi connectivity index (χ3v) is 2.83. The van der Waals surface area contributed by atoms with Crippen LogP contribution in [0.4, 0.5) is 0 Å². The lowest BCUT2D eigenvalue weighted by Gasteiger charge is -2.04. The van der Waals surface area contributed by atoms with E-state index in [0.717, 1.165) is 12.0 Å². The van der Waals surface area contributed by atoms with Crippen LogP contribution in [0, 0.1) is 6.92 Å². The molecule has 1 aromatic rings. The van der Waals surface area contributed by atoms with Crippen LogP contribution < -0.4 is 0 Å². The molecule has 0 aliphatic heterocycles. The smallest absolute Gasteiger partial charge is 0.118 e. The number of phenolic OH excluding ortho intramolecular Hbond substituents is 1. The van der Waals surface area contributed by atoms with Gasteiger partial charge in [-0.2, -0.15) is 0 Å². The lowest BCUT2D eigenvalue weighted by atomic mass is 10.0. The SMILES string of the molecule is CCCCCCCc1ccc(O)c(C)c1. The lowest BCUT2D eigenvalue weighted by Crippen LogP contribution is -1.87. The monoisotopic (exact) mass is 206 g/mol. The second-order valence-corrected chi connectivity index (χ2v) is 4.29. The van der Waals surface area contributed by atoms with E-state index in [9.17, 15) is 5.11 Å². The molecule has 0 amide bonds. The van der Waals surface area contributed by atoms with Crippen molar-refractivity contribution in [1.82, 2.24) is 0 Å². The number of aromatic hydroxyl groups is 1. The van der Waals surface area contributed by atoms with Crippen molar-refractivity contribution < 1.29 is 5.11 Å². The summed E-state index contributed by atoms with van der Waals surface area (Å²) < 4.78 is 0. The van der Waals surface area contributed by atoms with Crippen LogP contribution in [-0.4, -0.2) is 5.11 Å². The summed E-state index contributed by atoms with van der Waals surface area (Å²) in [5.41, 5.74) is 2.34. The van der Waals surface area contributed by atoms with Crippen LogP contribution in [0.2, 0.25) is 0 Å². The molecule has 1 nitrogen and oxygen atoms in total. The Kier molecular flexibility index (Phi) is 5.23. The molecule has 0 aliphatic rings. The van der Waals surface area contributed by atoms with Crippen molar-refractivity contribution >= 4 is 0 Å². The molecular formula is C14H22O. The number of rotatable bonds is 6. The topological polar surface area (TPSA) is 20.2 Å². The third-order valence-electron chi connectivity index (χ3n) is 2.83. The molecule has 0 fully saturated rings. The molecule has 0 saturated carbocycles. The van der Waals surface area contributed by atoms with Crippen molar-refractivity contribution in [3.05, 3.63) is 29.3 Å². The molecule has 0 spiro atoms. The van der Waals surface area contributed by atoms with E-state index < -0.39 is 0 Å². The zero-order valence-electron chi connectivity index (χ0n) is 9.92. The normalized spacial score (nSPS) is 10.5. The molecule has 1 heteroatoms. The van der Waals surface area contributed by atoms with Crippen LogP contribution in [-0.2, 0) is 6.42 Å². The minimum Gasteiger partial charge on any atom is -0.508 e. The Morgan fingerprint density at radius 2 is 1.80 bits per heavy atom. The first-order chi connectivity index (χ1) is 7.24. The second-order valence-electron chi connectivity index (χ2n) is 4.29. The van der Waals surface area contributed by atoms with Crippen molar-refractivity contribution in [2.75, 3.05) is 0 Å². The Labute approximate surface area is 93.1 Å². The second kappa shape index (κ2) is 6.49. The summed E-state index contributed by atoms with van der Waals surface area (Å²) in [4.78, 5) is 0. The predicted molar refractivity (Wildman–Crippen MR) is 65.3 cm³/mol. The Morgan fingerprint density at radius 3 is 2.47 bits per heavy atom. The fourth-order valence-corrected chi connectivity index (χ4v) is 1.81. The van der Waals surface area contributed by atoms with Gasteiger partial charge in [0.25, 0.3) is 0 Å². The number of benzene rings is 1. The number of unbranched alkanes of at least 4 members (excludes halogenated alkanes) is 4. The Morgan fingerprint density at radius 1 is 1.07 bits per heavy atom. The van der Waals surface area contributed by atoms with Crippen molar-refractivity contribution in [3.63, 3.8) is 0 Å². The van der Waals surface area contributed by atoms with Crippen LogP contribution in [0.3, 0.4) is 0 Å². The molecule has 0 bridgehead atoms. The van der Waals surface area contributed by atoms with E-state index in [1.165, 1.54) is 37.7 Å². The summed E-state index contributed by atoms with van der Waals surface area (Å²) in [6.45, 7) is 4.19. The van der Waals surface area contributed by atoms with Crippen molar-refractivity contribution in [3.8, 4) is 5.75 Å². The number of hydrogen-bond donors (Lipinski definition) is 1. The quantitative estimate of drug-likeness (QED) is 0.691. The van der Waals surface area contributed by atoms with E-state index in [0.29, 0.717) is 5.75 Å². The van der Waals surface area contributed by atoms with Gasteiger partial charge in [0.2, 0.25) is 0 Å². The van der Waals surface area contributed by atoms with Crippen molar-refractivity contribution in [2.24, 2.45) is 0 Å². The summed E-state index contributed by atoms with van der Waals surface area (Å²) in [5.74, 6) is 0.407. The minimum atomic E-state index is 0.407. The molecular weight excluding hydrogens is 184 g/mol. The third kappa shape index (κ3) is 4.37. The maximum atomic E-state index is 9.39. The first kappa shape index (κ1) is 12.1. The van der Waals surface area contributed by atoms with Gasteiger partial charge >= 0.3 is 0 Å². The molecule has 0 atom stereocenters. The fraction of sp³-hybridized carbons (Fsp3) is 0.571. The highest BCUT2D eigenvalue weighted by atomic mass is 16.3. The first-order valence-electron chi connectivity index (χ1n) is 6.02. The van der Waals surface area contributed by atoms with Gasteiger partial charge in [0.15, 0.2) is 0 Å². The van der Waals surface area contributed by atoms with Gasteiger partial charge in [-0.3, -0.25) is 0 Å². The van der Waals surface area contributed by atoms with Crippen LogP contribution in [0.5, 0.6) is 5.75 Å². The van der Waals surface area contributed by atoms with Crippen LogP contribution >= 0.6 is 0 Å². The van der Waals surface area contributed by atoms with Gasteiger partial charge in [-0.15, -0.1) is 0 Å². The fourth-order valence-electron chi connectivity index (χ4n) is 1.81. The number of hydrogen-bond acceptors (Lipinski definition) is 1. The highest BCUT2D eigenvalue weighted by molar-refractivity contribution is 5.34. The Balaban J connectivity index is 2.28. The number of phenols is 1.